The lowest BCUT2D eigenvalue weighted by Gasteiger charge is -2.48. The summed E-state index contributed by atoms with van der Waals surface area (Å²) in [5, 5.41) is 34.7. The summed E-state index contributed by atoms with van der Waals surface area (Å²) >= 11 is 0. The Balaban J connectivity index is 1.13. The minimum atomic E-state index is -1.75. The number of aromatic hydroxyl groups is 2. The zero-order valence-corrected chi connectivity index (χ0v) is 33.8. The van der Waals surface area contributed by atoms with Gasteiger partial charge in [-0.25, -0.2) is 0 Å². The third kappa shape index (κ3) is 7.47. The first-order valence-electron chi connectivity index (χ1n) is 20.0. The van der Waals surface area contributed by atoms with Crippen molar-refractivity contribution >= 4 is 23.3 Å². The highest BCUT2D eigenvalue weighted by molar-refractivity contribution is 6.30. The number of likely N-dealkylation sites (N-methyl/N-ethyl adjacent to an activating group) is 1. The van der Waals surface area contributed by atoms with E-state index in [0.717, 1.165) is 0 Å². The van der Waals surface area contributed by atoms with Gasteiger partial charge in [0.15, 0.2) is 30.4 Å². The molecule has 13 atom stereocenters. The number of esters is 1. The Hall–Kier alpha value is -3.84. The van der Waals surface area contributed by atoms with Crippen LogP contribution in [0.1, 0.15) is 121 Å². The number of carbonyl (C=O) groups is 4. The molecule has 3 heterocycles. The van der Waals surface area contributed by atoms with Gasteiger partial charge in [-0.05, 0) is 59.0 Å². The molecule has 316 valence electrons. The van der Waals surface area contributed by atoms with Gasteiger partial charge in [-0.2, -0.15) is 0 Å². The number of Topliss-reactive ketones (excluding diaryl/α,β-unsaturated/α-hetero) is 1. The van der Waals surface area contributed by atoms with Crippen LogP contribution in [0, 0.1) is 0 Å². The first-order chi connectivity index (χ1) is 27.5. The number of ketones is 3. The van der Waals surface area contributed by atoms with Gasteiger partial charge in [-0.3, -0.25) is 19.2 Å². The lowest BCUT2D eigenvalue weighted by atomic mass is 9.67. The molecule has 16 nitrogen and oxygen atoms in total. The van der Waals surface area contributed by atoms with Crippen molar-refractivity contribution in [2.75, 3.05) is 21.2 Å². The Labute approximate surface area is 336 Å². The Morgan fingerprint density at radius 1 is 0.914 bits per heavy atom. The molecule has 3 fully saturated rings. The molecular weight excluding hydrogens is 756 g/mol. The van der Waals surface area contributed by atoms with Crippen LogP contribution < -0.4 is 5.73 Å². The molecule has 0 radical (unpaired) electrons. The normalized spacial score (nSPS) is 36.3. The van der Waals surface area contributed by atoms with Gasteiger partial charge >= 0.3 is 5.97 Å². The van der Waals surface area contributed by atoms with Gasteiger partial charge in [0.25, 0.3) is 0 Å². The standard InChI is InChI=1S/C42H54N2O14/c1-8-42(51)17-28(33-22(35(42)41(50)52-7)14-23-34(38(33)49)37(48)32-21(36(23)47)10-9-11-27(32)46)56-31-16-25(44(5)6)40(20(4)55-31)58-30-15-24(43)39(19(3)54-30)57-29-13-12-26(45)18(2)53-29/h9-11,14,18-20,24-25,28-31,35,39-40,46,49,51H,8,12-13,15-17,43H2,1-7H3/t18?,19?,20?,24-,25-,28+,29+,30+,31+,35+,39-,40-,42-/m1/s1. The quantitative estimate of drug-likeness (QED) is 0.228. The predicted octanol–water partition coefficient (Wildman–Crippen LogP) is 3.12. The molecule has 7 rings (SSSR count). The summed E-state index contributed by atoms with van der Waals surface area (Å²) in [4.78, 5) is 55.1. The highest BCUT2D eigenvalue weighted by atomic mass is 16.7. The van der Waals surface area contributed by atoms with E-state index >= 15 is 0 Å². The number of phenolic OH excluding ortho intramolecular Hbond substituents is 2. The summed E-state index contributed by atoms with van der Waals surface area (Å²) < 4.78 is 43.0. The number of aliphatic hydroxyl groups is 1. The molecule has 2 aromatic rings. The third-order valence-electron chi connectivity index (χ3n) is 12.5. The van der Waals surface area contributed by atoms with Gasteiger partial charge in [-0.1, -0.05) is 19.1 Å². The van der Waals surface area contributed by atoms with Gasteiger partial charge < -0.3 is 59.1 Å². The molecule has 0 amide bonds. The van der Waals surface area contributed by atoms with Gasteiger partial charge in [0.1, 0.15) is 35.7 Å². The van der Waals surface area contributed by atoms with Crippen LogP contribution in [0.5, 0.6) is 11.5 Å². The summed E-state index contributed by atoms with van der Waals surface area (Å²) in [5.74, 6) is -4.51. The fourth-order valence-electron chi connectivity index (χ4n) is 9.34. The van der Waals surface area contributed by atoms with E-state index in [-0.39, 0.29) is 64.5 Å². The number of benzene rings is 2. The molecule has 58 heavy (non-hydrogen) atoms. The van der Waals surface area contributed by atoms with Crippen molar-refractivity contribution in [3.8, 4) is 11.5 Å². The highest BCUT2D eigenvalue weighted by Gasteiger charge is 2.53. The van der Waals surface area contributed by atoms with Crippen molar-refractivity contribution in [1.82, 2.24) is 4.90 Å². The summed E-state index contributed by atoms with van der Waals surface area (Å²) in [6, 6.07) is 4.73. The van der Waals surface area contributed by atoms with Crippen molar-refractivity contribution in [3.63, 3.8) is 0 Å². The molecular formula is C42H54N2O14. The number of phenols is 2. The van der Waals surface area contributed by atoms with Gasteiger partial charge in [0, 0.05) is 60.9 Å². The molecule has 5 aliphatic rings. The maximum atomic E-state index is 13.9. The number of carbonyl (C=O) groups excluding carboxylic acids is 4. The average Bonchev–Trinajstić information content (AvgIpc) is 3.17. The van der Waals surface area contributed by atoms with Gasteiger partial charge in [0.2, 0.25) is 5.78 Å². The molecule has 3 aliphatic heterocycles. The minimum Gasteiger partial charge on any atom is -0.507 e. The SMILES string of the molecule is CC[C@@]1(O)C[C@H](O[C@H]2C[C@@H](N(C)C)[C@H](O[C@H]3C[C@@H](N)[C@H](O[C@H]4CCC(=O)C(C)O4)C(C)O3)C(C)O2)c2c(cc3c(c2O)C(=O)c2c(O)cccc2C3=O)[C@H]1C(=O)OC. The van der Waals surface area contributed by atoms with Crippen molar-refractivity contribution in [2.45, 2.75) is 145 Å². The predicted molar refractivity (Wildman–Crippen MR) is 203 cm³/mol. The average molecular weight is 811 g/mol. The topological polar surface area (TPSA) is 223 Å². The van der Waals surface area contributed by atoms with E-state index in [1.54, 1.807) is 13.8 Å². The van der Waals surface area contributed by atoms with E-state index in [1.165, 1.54) is 31.4 Å². The molecule has 2 aliphatic carbocycles. The number of methoxy groups -OCH3 is 1. The van der Waals surface area contributed by atoms with E-state index in [2.05, 4.69) is 0 Å². The van der Waals surface area contributed by atoms with Crippen LogP contribution in [-0.2, 0) is 42.7 Å². The minimum absolute atomic E-state index is 0.0370. The number of hydrogen-bond acceptors (Lipinski definition) is 16. The van der Waals surface area contributed by atoms with Crippen LogP contribution in [0.3, 0.4) is 0 Å². The van der Waals surface area contributed by atoms with Crippen molar-refractivity contribution in [1.29, 1.82) is 0 Å². The summed E-state index contributed by atoms with van der Waals surface area (Å²) in [7, 11) is 4.97. The zero-order valence-electron chi connectivity index (χ0n) is 33.8. The fourth-order valence-corrected chi connectivity index (χ4v) is 9.34. The van der Waals surface area contributed by atoms with Crippen LogP contribution in [0.4, 0.5) is 0 Å². The molecule has 0 saturated carbocycles. The highest BCUT2D eigenvalue weighted by Crippen LogP contribution is 2.54. The van der Waals surface area contributed by atoms with E-state index < -0.39 is 102 Å². The molecule has 16 heteroatoms. The summed E-state index contributed by atoms with van der Waals surface area (Å²) in [6.45, 7) is 7.10. The number of hydrogen-bond donors (Lipinski definition) is 4. The second kappa shape index (κ2) is 16.3. The molecule has 0 spiro atoms. The van der Waals surface area contributed by atoms with E-state index in [9.17, 15) is 34.5 Å². The van der Waals surface area contributed by atoms with Crippen LogP contribution in [0.2, 0.25) is 0 Å². The van der Waals surface area contributed by atoms with E-state index in [1.807, 2.05) is 32.8 Å². The molecule has 3 saturated heterocycles. The molecule has 0 aromatic heterocycles. The first kappa shape index (κ1) is 42.3. The number of nitrogens with zero attached hydrogens (tertiary/aromatic N) is 1. The largest absolute Gasteiger partial charge is 0.507 e. The number of nitrogens with two attached hydrogens (primary N) is 1. The van der Waals surface area contributed by atoms with Crippen molar-refractivity contribution in [2.24, 2.45) is 5.73 Å². The fraction of sp³-hybridized carbons (Fsp3) is 0.619. The van der Waals surface area contributed by atoms with Gasteiger partial charge in [-0.15, -0.1) is 0 Å². The van der Waals surface area contributed by atoms with E-state index in [4.69, 9.17) is 38.9 Å². The lowest BCUT2D eigenvalue weighted by molar-refractivity contribution is -0.314. The zero-order chi connectivity index (χ0) is 42.0. The maximum absolute atomic E-state index is 13.9. The van der Waals surface area contributed by atoms with Gasteiger partial charge in [0.05, 0.1) is 42.1 Å². The van der Waals surface area contributed by atoms with Crippen LogP contribution in [0.25, 0.3) is 0 Å². The monoisotopic (exact) mass is 810 g/mol. The Morgan fingerprint density at radius 2 is 1.59 bits per heavy atom. The second-order valence-electron chi connectivity index (χ2n) is 16.4. The van der Waals surface area contributed by atoms with Crippen LogP contribution >= 0.6 is 0 Å². The molecule has 0 bridgehead atoms. The second-order valence-corrected chi connectivity index (χ2v) is 16.4. The number of rotatable bonds is 9. The number of ether oxygens (including phenoxy) is 7. The van der Waals surface area contributed by atoms with Crippen molar-refractivity contribution < 1.29 is 67.7 Å². The third-order valence-corrected chi connectivity index (χ3v) is 12.5. The molecule has 5 N–H and O–H groups in total. The number of fused-ring (bicyclic) bond motifs is 3. The summed E-state index contributed by atoms with van der Waals surface area (Å²) in [5.41, 5.74) is 4.20. The Kier molecular flexibility index (Phi) is 11.9. The molecule has 2 aromatic carbocycles. The van der Waals surface area contributed by atoms with Crippen molar-refractivity contribution in [3.05, 3.63) is 57.6 Å². The van der Waals surface area contributed by atoms with E-state index in [0.29, 0.717) is 19.3 Å². The van der Waals surface area contributed by atoms with Crippen LogP contribution in [0.15, 0.2) is 24.3 Å². The maximum Gasteiger partial charge on any atom is 0.316 e. The first-order valence-corrected chi connectivity index (χ1v) is 20.0. The Bertz CT molecular complexity index is 1940. The Morgan fingerprint density at radius 3 is 2.22 bits per heavy atom. The van der Waals surface area contributed by atoms with Crippen LogP contribution in [-0.4, -0.2) is 132 Å². The lowest BCUT2D eigenvalue weighted by Crippen LogP contribution is -2.59. The molecule has 3 unspecified atom stereocenters. The smallest absolute Gasteiger partial charge is 0.316 e. The summed E-state index contributed by atoms with van der Waals surface area (Å²) in [6.07, 6.45) is -4.59.